The van der Waals surface area contributed by atoms with Crippen LogP contribution in [0.2, 0.25) is 0 Å². The van der Waals surface area contributed by atoms with Crippen molar-refractivity contribution in [2.45, 2.75) is 13.8 Å². The lowest BCUT2D eigenvalue weighted by atomic mass is 10.2. The van der Waals surface area contributed by atoms with Gasteiger partial charge in [0.2, 0.25) is 0 Å². The van der Waals surface area contributed by atoms with Crippen molar-refractivity contribution in [3.63, 3.8) is 0 Å². The van der Waals surface area contributed by atoms with Gasteiger partial charge in [-0.15, -0.1) is 0 Å². The second-order valence-electron chi connectivity index (χ2n) is 5.03. The number of aromatic amines is 1. The van der Waals surface area contributed by atoms with Gasteiger partial charge >= 0.3 is 5.97 Å². The van der Waals surface area contributed by atoms with Crippen molar-refractivity contribution in [3.05, 3.63) is 47.4 Å². The number of methoxy groups -OCH3 is 1. The Hall–Kier alpha value is -2.89. The van der Waals surface area contributed by atoms with Gasteiger partial charge in [-0.1, -0.05) is 6.07 Å². The van der Waals surface area contributed by atoms with E-state index in [1.807, 2.05) is 26.0 Å². The molecular formula is C16H16N4O2. The number of anilines is 2. The number of aryl methyl sites for hydroxylation is 2. The first-order valence-electron chi connectivity index (χ1n) is 6.86. The number of ether oxygens (including phenoxy) is 1. The average Bonchev–Trinajstić information content (AvgIpc) is 2.87. The average molecular weight is 296 g/mol. The maximum absolute atomic E-state index is 11.6. The second-order valence-corrected chi connectivity index (χ2v) is 5.03. The molecule has 0 saturated heterocycles. The molecule has 0 atom stereocenters. The van der Waals surface area contributed by atoms with Gasteiger partial charge in [-0.25, -0.2) is 14.8 Å². The van der Waals surface area contributed by atoms with Gasteiger partial charge in [0.25, 0.3) is 0 Å². The lowest BCUT2D eigenvalue weighted by Gasteiger charge is -2.08. The predicted octanol–water partition coefficient (Wildman–Crippen LogP) is 3.10. The summed E-state index contributed by atoms with van der Waals surface area (Å²) in [5, 5.41) is 4.15. The van der Waals surface area contributed by atoms with Crippen molar-refractivity contribution in [2.75, 3.05) is 12.4 Å². The van der Waals surface area contributed by atoms with Crippen molar-refractivity contribution in [1.29, 1.82) is 0 Å². The normalized spacial score (nSPS) is 10.7. The van der Waals surface area contributed by atoms with Crippen molar-refractivity contribution >= 4 is 28.5 Å². The largest absolute Gasteiger partial charge is 0.465 e. The molecule has 112 valence electrons. The predicted molar refractivity (Wildman–Crippen MR) is 84.4 cm³/mol. The maximum Gasteiger partial charge on any atom is 0.337 e. The Labute approximate surface area is 127 Å². The van der Waals surface area contributed by atoms with Crippen LogP contribution in [0.5, 0.6) is 0 Å². The van der Waals surface area contributed by atoms with Crippen LogP contribution in [0.4, 0.5) is 11.5 Å². The Kier molecular flexibility index (Phi) is 3.50. The topological polar surface area (TPSA) is 79.9 Å². The third-order valence-corrected chi connectivity index (χ3v) is 3.28. The number of aromatic nitrogens is 3. The molecule has 0 aliphatic rings. The lowest BCUT2D eigenvalue weighted by molar-refractivity contribution is 0.0601. The maximum atomic E-state index is 11.6. The highest BCUT2D eigenvalue weighted by Crippen LogP contribution is 2.25. The van der Waals surface area contributed by atoms with Crippen LogP contribution in [0.3, 0.4) is 0 Å². The first-order chi connectivity index (χ1) is 10.6. The zero-order valence-electron chi connectivity index (χ0n) is 12.6. The SMILES string of the molecule is COC(=O)c1cccc(Nc2nc(C)nc3[nH]c(C)cc23)c1. The molecule has 2 heterocycles. The van der Waals surface area contributed by atoms with E-state index in [9.17, 15) is 4.79 Å². The van der Waals surface area contributed by atoms with Gasteiger partial charge in [-0.05, 0) is 38.1 Å². The van der Waals surface area contributed by atoms with E-state index >= 15 is 0 Å². The fourth-order valence-corrected chi connectivity index (χ4v) is 2.33. The summed E-state index contributed by atoms with van der Waals surface area (Å²) in [5.41, 5.74) is 3.05. The number of nitrogens with zero attached hydrogens (tertiary/aromatic N) is 2. The zero-order chi connectivity index (χ0) is 15.7. The first-order valence-corrected chi connectivity index (χ1v) is 6.86. The van der Waals surface area contributed by atoms with Gasteiger partial charge in [0.15, 0.2) is 0 Å². The molecule has 0 aliphatic carbocycles. The fraction of sp³-hybridized carbons (Fsp3) is 0.188. The minimum absolute atomic E-state index is 0.370. The molecule has 2 N–H and O–H groups in total. The number of carbonyl (C=O) groups is 1. The Bertz CT molecular complexity index is 854. The van der Waals surface area contributed by atoms with Crippen LogP contribution in [0.15, 0.2) is 30.3 Å². The molecule has 1 aromatic carbocycles. The molecule has 3 rings (SSSR count). The van der Waals surface area contributed by atoms with E-state index < -0.39 is 0 Å². The number of carbonyl (C=O) groups excluding carboxylic acids is 1. The first kappa shape index (κ1) is 14.1. The number of esters is 1. The quantitative estimate of drug-likeness (QED) is 0.726. The van der Waals surface area contributed by atoms with Crippen LogP contribution in [0.1, 0.15) is 21.9 Å². The van der Waals surface area contributed by atoms with Gasteiger partial charge in [0.05, 0.1) is 18.1 Å². The molecule has 0 fully saturated rings. The molecule has 2 aromatic heterocycles. The Balaban J connectivity index is 2.01. The van der Waals surface area contributed by atoms with E-state index in [0.717, 1.165) is 22.4 Å². The lowest BCUT2D eigenvalue weighted by Crippen LogP contribution is -2.03. The third kappa shape index (κ3) is 2.63. The molecular weight excluding hydrogens is 280 g/mol. The Morgan fingerprint density at radius 2 is 2.05 bits per heavy atom. The molecule has 22 heavy (non-hydrogen) atoms. The van der Waals surface area contributed by atoms with Gasteiger partial charge in [-0.3, -0.25) is 0 Å². The minimum atomic E-state index is -0.370. The van der Waals surface area contributed by atoms with Crippen LogP contribution in [-0.2, 0) is 4.74 Å². The summed E-state index contributed by atoms with van der Waals surface area (Å²) in [7, 11) is 1.36. The van der Waals surface area contributed by atoms with E-state index in [0.29, 0.717) is 17.2 Å². The zero-order valence-corrected chi connectivity index (χ0v) is 12.6. The summed E-state index contributed by atoms with van der Waals surface area (Å²) in [6, 6.07) is 9.09. The van der Waals surface area contributed by atoms with E-state index in [1.165, 1.54) is 7.11 Å². The van der Waals surface area contributed by atoms with Gasteiger partial charge in [-0.2, -0.15) is 0 Å². The van der Waals surface area contributed by atoms with Gasteiger partial charge < -0.3 is 15.0 Å². The number of benzene rings is 1. The van der Waals surface area contributed by atoms with E-state index in [2.05, 4.69) is 20.3 Å². The van der Waals surface area contributed by atoms with Crippen LogP contribution in [0, 0.1) is 13.8 Å². The Morgan fingerprint density at radius 3 is 2.82 bits per heavy atom. The third-order valence-electron chi connectivity index (χ3n) is 3.28. The smallest absolute Gasteiger partial charge is 0.337 e. The second kappa shape index (κ2) is 5.48. The highest BCUT2D eigenvalue weighted by Gasteiger charge is 2.10. The van der Waals surface area contributed by atoms with Crippen LogP contribution < -0.4 is 5.32 Å². The highest BCUT2D eigenvalue weighted by molar-refractivity contribution is 5.92. The molecule has 0 unspecified atom stereocenters. The molecule has 3 aromatic rings. The molecule has 0 spiro atoms. The molecule has 0 aliphatic heterocycles. The van der Waals surface area contributed by atoms with Crippen molar-refractivity contribution < 1.29 is 9.53 Å². The van der Waals surface area contributed by atoms with Gasteiger partial charge in [0, 0.05) is 11.4 Å². The van der Waals surface area contributed by atoms with Crippen molar-refractivity contribution in [1.82, 2.24) is 15.0 Å². The summed E-state index contributed by atoms with van der Waals surface area (Å²) >= 11 is 0. The van der Waals surface area contributed by atoms with Crippen molar-refractivity contribution in [2.24, 2.45) is 0 Å². The minimum Gasteiger partial charge on any atom is -0.465 e. The number of nitrogens with one attached hydrogen (secondary N) is 2. The number of rotatable bonds is 3. The molecule has 6 heteroatoms. The molecule has 0 amide bonds. The van der Waals surface area contributed by atoms with E-state index in [-0.39, 0.29) is 5.97 Å². The van der Waals surface area contributed by atoms with E-state index in [1.54, 1.807) is 18.2 Å². The molecule has 6 nitrogen and oxygen atoms in total. The summed E-state index contributed by atoms with van der Waals surface area (Å²) in [4.78, 5) is 23.6. The number of hydrogen-bond donors (Lipinski definition) is 2. The summed E-state index contributed by atoms with van der Waals surface area (Å²) in [6.45, 7) is 3.81. The Morgan fingerprint density at radius 1 is 1.23 bits per heavy atom. The number of H-pyrrole nitrogens is 1. The summed E-state index contributed by atoms with van der Waals surface area (Å²) in [5.74, 6) is 1.000. The van der Waals surface area contributed by atoms with Crippen molar-refractivity contribution in [3.8, 4) is 0 Å². The number of hydrogen-bond acceptors (Lipinski definition) is 5. The van der Waals surface area contributed by atoms with E-state index in [4.69, 9.17) is 4.74 Å². The summed E-state index contributed by atoms with van der Waals surface area (Å²) in [6.07, 6.45) is 0. The molecule has 0 radical (unpaired) electrons. The molecule has 0 bridgehead atoms. The van der Waals surface area contributed by atoms with Crippen LogP contribution in [-0.4, -0.2) is 28.0 Å². The monoisotopic (exact) mass is 296 g/mol. The number of fused-ring (bicyclic) bond motifs is 1. The van der Waals surface area contributed by atoms with Crippen LogP contribution in [0.25, 0.3) is 11.0 Å². The summed E-state index contributed by atoms with van der Waals surface area (Å²) < 4.78 is 4.74. The highest BCUT2D eigenvalue weighted by atomic mass is 16.5. The van der Waals surface area contributed by atoms with Crippen LogP contribution >= 0.6 is 0 Å². The standard InChI is InChI=1S/C16H16N4O2/c1-9-7-13-14(17-9)18-10(2)19-15(13)20-12-6-4-5-11(8-12)16(21)22-3/h4-8H,1-3H3,(H2,17,18,19,20). The van der Waals surface area contributed by atoms with Gasteiger partial charge in [0.1, 0.15) is 17.3 Å². The fourth-order valence-electron chi connectivity index (χ4n) is 2.33. The molecule has 0 saturated carbocycles.